The van der Waals surface area contributed by atoms with E-state index in [4.69, 9.17) is 23.2 Å². The highest BCUT2D eigenvalue weighted by Gasteiger charge is 2.08. The van der Waals surface area contributed by atoms with Gasteiger partial charge in [-0.05, 0) is 43.8 Å². The minimum Gasteiger partial charge on any atom is -0.325 e. The molecule has 0 heterocycles. The molecule has 0 aliphatic heterocycles. The van der Waals surface area contributed by atoms with Crippen LogP contribution in [-0.2, 0) is 11.3 Å². The molecule has 2 rings (SSSR count). The number of amides is 1. The third kappa shape index (κ3) is 5.02. The number of anilines is 1. The van der Waals surface area contributed by atoms with E-state index < -0.39 is 0 Å². The molecule has 1 amide bonds. The number of nitrogens with one attached hydrogen (secondary N) is 1. The summed E-state index contributed by atoms with van der Waals surface area (Å²) in [6.45, 7) is 2.93. The highest BCUT2D eigenvalue weighted by molar-refractivity contribution is 6.42. The molecule has 1 N–H and O–H groups in total. The monoisotopic (exact) mass is 336 g/mol. The lowest BCUT2D eigenvalue weighted by Crippen LogP contribution is -2.29. The number of hydrogen-bond acceptors (Lipinski definition) is 2. The van der Waals surface area contributed by atoms with Gasteiger partial charge in [0, 0.05) is 12.2 Å². The molecule has 22 heavy (non-hydrogen) atoms. The molecule has 0 bridgehead atoms. The average Bonchev–Trinajstić information content (AvgIpc) is 2.45. The van der Waals surface area contributed by atoms with Crippen LogP contribution in [0.2, 0.25) is 10.0 Å². The zero-order valence-corrected chi connectivity index (χ0v) is 14.1. The lowest BCUT2D eigenvalue weighted by molar-refractivity contribution is -0.117. The van der Waals surface area contributed by atoms with Gasteiger partial charge in [0.2, 0.25) is 5.91 Å². The molecule has 5 heteroatoms. The second-order valence-electron chi connectivity index (χ2n) is 5.33. The van der Waals surface area contributed by atoms with Crippen molar-refractivity contribution in [3.63, 3.8) is 0 Å². The summed E-state index contributed by atoms with van der Waals surface area (Å²) in [5, 5.41) is 3.94. The van der Waals surface area contributed by atoms with Crippen LogP contribution < -0.4 is 5.32 Å². The lowest BCUT2D eigenvalue weighted by Gasteiger charge is -2.16. The predicted molar refractivity (Wildman–Crippen MR) is 92.6 cm³/mol. The SMILES string of the molecule is Cc1ccc(NC(=O)CN(C)Cc2ccc(Cl)c(Cl)c2)cc1. The molecule has 0 aromatic heterocycles. The summed E-state index contributed by atoms with van der Waals surface area (Å²) in [4.78, 5) is 13.9. The van der Waals surface area contributed by atoms with Gasteiger partial charge in [-0.1, -0.05) is 47.0 Å². The van der Waals surface area contributed by atoms with Crippen LogP contribution in [0.3, 0.4) is 0 Å². The highest BCUT2D eigenvalue weighted by atomic mass is 35.5. The van der Waals surface area contributed by atoms with E-state index in [0.717, 1.165) is 16.8 Å². The van der Waals surface area contributed by atoms with E-state index in [1.54, 1.807) is 6.07 Å². The lowest BCUT2D eigenvalue weighted by atomic mass is 10.2. The maximum atomic E-state index is 12.0. The van der Waals surface area contributed by atoms with Gasteiger partial charge in [0.1, 0.15) is 0 Å². The Bertz CT molecular complexity index is 656. The third-order valence-corrected chi connectivity index (χ3v) is 3.92. The summed E-state index contributed by atoms with van der Waals surface area (Å²) >= 11 is 11.9. The van der Waals surface area contributed by atoms with E-state index in [0.29, 0.717) is 23.1 Å². The summed E-state index contributed by atoms with van der Waals surface area (Å²) in [5.41, 5.74) is 2.98. The van der Waals surface area contributed by atoms with Gasteiger partial charge in [0.05, 0.1) is 16.6 Å². The Hall–Kier alpha value is -1.55. The molecule has 0 atom stereocenters. The Morgan fingerprint density at radius 1 is 1.09 bits per heavy atom. The number of nitrogens with zero attached hydrogens (tertiary/aromatic N) is 1. The quantitative estimate of drug-likeness (QED) is 0.879. The fraction of sp³-hybridized carbons (Fsp3) is 0.235. The molecule has 116 valence electrons. The minimum atomic E-state index is -0.0496. The van der Waals surface area contributed by atoms with Crippen molar-refractivity contribution in [1.29, 1.82) is 0 Å². The Morgan fingerprint density at radius 3 is 2.41 bits per heavy atom. The Labute approximate surface area is 140 Å². The first-order chi connectivity index (χ1) is 10.4. The molecule has 0 unspecified atom stereocenters. The molecule has 0 saturated carbocycles. The normalized spacial score (nSPS) is 10.8. The molecule has 0 fully saturated rings. The van der Waals surface area contributed by atoms with E-state index in [1.165, 1.54) is 0 Å². The maximum absolute atomic E-state index is 12.0. The van der Waals surface area contributed by atoms with Crippen LogP contribution in [0.15, 0.2) is 42.5 Å². The highest BCUT2D eigenvalue weighted by Crippen LogP contribution is 2.23. The first-order valence-corrected chi connectivity index (χ1v) is 7.68. The van der Waals surface area contributed by atoms with Gasteiger partial charge >= 0.3 is 0 Å². The number of carbonyl (C=O) groups excluding carboxylic acids is 1. The number of aryl methyl sites for hydroxylation is 1. The van der Waals surface area contributed by atoms with Crippen molar-refractivity contribution in [3.05, 3.63) is 63.6 Å². The third-order valence-electron chi connectivity index (χ3n) is 3.19. The van der Waals surface area contributed by atoms with Crippen LogP contribution in [-0.4, -0.2) is 24.4 Å². The molecule has 0 aliphatic rings. The topological polar surface area (TPSA) is 32.3 Å². The number of hydrogen-bond donors (Lipinski definition) is 1. The van der Waals surface area contributed by atoms with Crippen LogP contribution in [0.25, 0.3) is 0 Å². The Kier molecular flexibility index (Phi) is 5.83. The van der Waals surface area contributed by atoms with Crippen molar-refractivity contribution in [2.45, 2.75) is 13.5 Å². The number of benzene rings is 2. The Balaban J connectivity index is 1.88. The molecule has 2 aromatic rings. The predicted octanol–water partition coefficient (Wildman–Crippen LogP) is 4.37. The van der Waals surface area contributed by atoms with Gasteiger partial charge < -0.3 is 5.32 Å². The van der Waals surface area contributed by atoms with E-state index >= 15 is 0 Å². The van der Waals surface area contributed by atoms with Gasteiger partial charge in [-0.3, -0.25) is 9.69 Å². The van der Waals surface area contributed by atoms with Gasteiger partial charge in [-0.25, -0.2) is 0 Å². The molecule has 0 aliphatic carbocycles. The standard InChI is InChI=1S/C17H18Cl2N2O/c1-12-3-6-14(7-4-12)20-17(22)11-21(2)10-13-5-8-15(18)16(19)9-13/h3-9H,10-11H2,1-2H3,(H,20,22). The summed E-state index contributed by atoms with van der Waals surface area (Å²) < 4.78 is 0. The van der Waals surface area contributed by atoms with E-state index in [-0.39, 0.29) is 5.91 Å². The van der Waals surface area contributed by atoms with Crippen LogP contribution in [0.4, 0.5) is 5.69 Å². The molecule has 0 spiro atoms. The largest absolute Gasteiger partial charge is 0.325 e. The van der Waals surface area contributed by atoms with E-state index in [2.05, 4.69) is 5.32 Å². The second-order valence-corrected chi connectivity index (χ2v) is 6.15. The number of likely N-dealkylation sites (N-methyl/N-ethyl adjacent to an activating group) is 1. The minimum absolute atomic E-state index is 0.0496. The van der Waals surface area contributed by atoms with Gasteiger partial charge in [0.25, 0.3) is 0 Å². The smallest absolute Gasteiger partial charge is 0.238 e. The number of rotatable bonds is 5. The summed E-state index contributed by atoms with van der Waals surface area (Å²) in [6.07, 6.45) is 0. The Morgan fingerprint density at radius 2 is 1.77 bits per heavy atom. The first-order valence-electron chi connectivity index (χ1n) is 6.93. The van der Waals surface area contributed by atoms with Crippen molar-refractivity contribution < 1.29 is 4.79 Å². The summed E-state index contributed by atoms with van der Waals surface area (Å²) in [7, 11) is 1.89. The van der Waals surface area contributed by atoms with Gasteiger partial charge in [-0.15, -0.1) is 0 Å². The second kappa shape index (κ2) is 7.63. The van der Waals surface area contributed by atoms with Crippen LogP contribution in [0.5, 0.6) is 0 Å². The van der Waals surface area contributed by atoms with Gasteiger partial charge in [-0.2, -0.15) is 0 Å². The van der Waals surface area contributed by atoms with Gasteiger partial charge in [0.15, 0.2) is 0 Å². The van der Waals surface area contributed by atoms with Crippen molar-refractivity contribution in [2.75, 3.05) is 18.9 Å². The van der Waals surface area contributed by atoms with Crippen LogP contribution in [0.1, 0.15) is 11.1 Å². The van der Waals surface area contributed by atoms with Crippen molar-refractivity contribution >= 4 is 34.8 Å². The summed E-state index contributed by atoms with van der Waals surface area (Å²) in [5.74, 6) is -0.0496. The maximum Gasteiger partial charge on any atom is 0.238 e. The fourth-order valence-electron chi connectivity index (χ4n) is 2.09. The number of halogens is 2. The van der Waals surface area contributed by atoms with Crippen LogP contribution >= 0.6 is 23.2 Å². The zero-order chi connectivity index (χ0) is 16.1. The van der Waals surface area contributed by atoms with E-state index in [1.807, 2.05) is 55.3 Å². The van der Waals surface area contributed by atoms with Crippen molar-refractivity contribution in [3.8, 4) is 0 Å². The average molecular weight is 337 g/mol. The summed E-state index contributed by atoms with van der Waals surface area (Å²) in [6, 6.07) is 13.2. The molecule has 0 saturated heterocycles. The first kappa shape index (κ1) is 16.8. The van der Waals surface area contributed by atoms with Crippen molar-refractivity contribution in [2.24, 2.45) is 0 Å². The fourth-order valence-corrected chi connectivity index (χ4v) is 2.41. The zero-order valence-electron chi connectivity index (χ0n) is 12.6. The number of carbonyl (C=O) groups is 1. The molecule has 3 nitrogen and oxygen atoms in total. The molecular weight excluding hydrogens is 319 g/mol. The van der Waals surface area contributed by atoms with E-state index in [9.17, 15) is 4.79 Å². The van der Waals surface area contributed by atoms with Crippen LogP contribution in [0, 0.1) is 6.92 Å². The molecule has 2 aromatic carbocycles. The van der Waals surface area contributed by atoms with Crippen molar-refractivity contribution in [1.82, 2.24) is 4.90 Å². The molecule has 0 radical (unpaired) electrons. The molecular formula is C17H18Cl2N2O.